The highest BCUT2D eigenvalue weighted by molar-refractivity contribution is 6.02. The number of rotatable bonds is 4. The molecule has 1 aromatic carbocycles. The fraction of sp³-hybridized carbons (Fsp3) is 0.417. The Hall–Kier alpha value is -1.56. The van der Waals surface area contributed by atoms with Gasteiger partial charge in [-0.15, -0.1) is 13.2 Å². The molecule has 2 N–H and O–H groups in total. The van der Waals surface area contributed by atoms with Crippen molar-refractivity contribution in [2.75, 3.05) is 6.54 Å². The first-order valence-corrected chi connectivity index (χ1v) is 5.47. The van der Waals surface area contributed by atoms with Gasteiger partial charge in [0, 0.05) is 17.5 Å². The van der Waals surface area contributed by atoms with Gasteiger partial charge in [0.15, 0.2) is 5.78 Å². The van der Waals surface area contributed by atoms with E-state index in [4.69, 9.17) is 5.73 Å². The van der Waals surface area contributed by atoms with Crippen LogP contribution in [0.3, 0.4) is 0 Å². The Kier molecular flexibility index (Phi) is 3.06. The third-order valence-corrected chi connectivity index (χ3v) is 3.06. The predicted octanol–water partition coefficient (Wildman–Crippen LogP) is 2.51. The summed E-state index contributed by atoms with van der Waals surface area (Å²) in [5, 5.41) is 0. The van der Waals surface area contributed by atoms with E-state index < -0.39 is 11.8 Å². The highest BCUT2D eigenvalue weighted by Crippen LogP contribution is 2.47. The summed E-state index contributed by atoms with van der Waals surface area (Å²) in [7, 11) is 0. The number of hydrogen-bond acceptors (Lipinski definition) is 3. The highest BCUT2D eigenvalue weighted by Gasteiger charge is 2.48. The second-order valence-corrected chi connectivity index (χ2v) is 4.39. The van der Waals surface area contributed by atoms with Crippen molar-refractivity contribution in [2.24, 2.45) is 11.1 Å². The molecule has 2 rings (SSSR count). The van der Waals surface area contributed by atoms with Gasteiger partial charge < -0.3 is 10.5 Å². The predicted molar refractivity (Wildman–Crippen MR) is 58.2 cm³/mol. The van der Waals surface area contributed by atoms with Crippen molar-refractivity contribution in [1.82, 2.24) is 0 Å². The molecule has 1 fully saturated rings. The smallest absolute Gasteiger partial charge is 0.406 e. The van der Waals surface area contributed by atoms with E-state index in [0.717, 1.165) is 12.1 Å². The van der Waals surface area contributed by atoms with E-state index >= 15 is 0 Å². The van der Waals surface area contributed by atoms with E-state index in [1.807, 2.05) is 0 Å². The number of benzene rings is 1. The second kappa shape index (κ2) is 4.28. The van der Waals surface area contributed by atoms with Gasteiger partial charge in [0.25, 0.3) is 0 Å². The summed E-state index contributed by atoms with van der Waals surface area (Å²) in [5.41, 5.74) is 5.15. The Morgan fingerprint density at radius 3 is 2.56 bits per heavy atom. The molecular formula is C12H12F3NO2. The van der Waals surface area contributed by atoms with Crippen LogP contribution in [0.1, 0.15) is 23.2 Å². The Bertz CT molecular complexity index is 467. The first-order valence-electron chi connectivity index (χ1n) is 5.47. The Morgan fingerprint density at radius 1 is 1.39 bits per heavy atom. The molecule has 0 bridgehead atoms. The van der Waals surface area contributed by atoms with Gasteiger partial charge in [-0.25, -0.2) is 0 Å². The SMILES string of the molecule is NCC1(C(=O)c2cccc(OC(F)(F)F)c2)CC1. The lowest BCUT2D eigenvalue weighted by molar-refractivity contribution is -0.274. The molecule has 1 aliphatic rings. The van der Waals surface area contributed by atoms with E-state index in [1.165, 1.54) is 12.1 Å². The second-order valence-electron chi connectivity index (χ2n) is 4.39. The van der Waals surface area contributed by atoms with Gasteiger partial charge in [-0.2, -0.15) is 0 Å². The van der Waals surface area contributed by atoms with Crippen LogP contribution in [0.25, 0.3) is 0 Å². The van der Waals surface area contributed by atoms with Crippen molar-refractivity contribution in [3.05, 3.63) is 29.8 Å². The average Bonchev–Trinajstić information content (AvgIpc) is 3.07. The molecule has 0 aromatic heterocycles. The summed E-state index contributed by atoms with van der Waals surface area (Å²) in [5.74, 6) is -0.598. The number of hydrogen-bond donors (Lipinski definition) is 1. The summed E-state index contributed by atoms with van der Waals surface area (Å²) in [6.45, 7) is 0.218. The van der Waals surface area contributed by atoms with Crippen LogP contribution in [-0.2, 0) is 0 Å². The molecule has 1 aromatic rings. The van der Waals surface area contributed by atoms with Crippen LogP contribution in [0.5, 0.6) is 5.75 Å². The number of ketones is 1. The maximum absolute atomic E-state index is 12.1. The number of carbonyl (C=O) groups excluding carboxylic acids is 1. The minimum atomic E-state index is -4.76. The molecule has 0 amide bonds. The van der Waals surface area contributed by atoms with Crippen LogP contribution in [0.2, 0.25) is 0 Å². The lowest BCUT2D eigenvalue weighted by Crippen LogP contribution is -2.25. The zero-order chi connectivity index (χ0) is 13.4. The molecule has 18 heavy (non-hydrogen) atoms. The largest absolute Gasteiger partial charge is 0.573 e. The van der Waals surface area contributed by atoms with Crippen LogP contribution in [-0.4, -0.2) is 18.7 Å². The molecule has 0 heterocycles. The van der Waals surface area contributed by atoms with Crippen LogP contribution in [0.4, 0.5) is 13.2 Å². The van der Waals surface area contributed by atoms with Crippen molar-refractivity contribution < 1.29 is 22.7 Å². The number of Topliss-reactive ketones (excluding diaryl/α,β-unsaturated/α-hetero) is 1. The van der Waals surface area contributed by atoms with Gasteiger partial charge in [0.05, 0.1) is 0 Å². The first kappa shape index (κ1) is 12.9. The zero-order valence-electron chi connectivity index (χ0n) is 9.46. The molecule has 98 valence electrons. The minimum Gasteiger partial charge on any atom is -0.406 e. The van der Waals surface area contributed by atoms with Gasteiger partial charge in [-0.3, -0.25) is 4.79 Å². The lowest BCUT2D eigenvalue weighted by atomic mass is 9.95. The van der Waals surface area contributed by atoms with Gasteiger partial charge in [0.1, 0.15) is 5.75 Å². The van der Waals surface area contributed by atoms with Crippen molar-refractivity contribution >= 4 is 5.78 Å². The van der Waals surface area contributed by atoms with Crippen LogP contribution < -0.4 is 10.5 Å². The Morgan fingerprint density at radius 2 is 2.06 bits per heavy atom. The Labute approximate surface area is 102 Å². The molecule has 6 heteroatoms. The molecule has 0 unspecified atom stereocenters. The van der Waals surface area contributed by atoms with Crippen molar-refractivity contribution in [3.8, 4) is 5.75 Å². The number of carbonyl (C=O) groups is 1. The van der Waals surface area contributed by atoms with Gasteiger partial charge in [-0.1, -0.05) is 12.1 Å². The molecule has 1 saturated carbocycles. The molecule has 0 aliphatic heterocycles. The molecular weight excluding hydrogens is 247 g/mol. The number of ether oxygens (including phenoxy) is 1. The standard InChI is InChI=1S/C12H12F3NO2/c13-12(14,15)18-9-3-1-2-8(6-9)10(17)11(7-16)4-5-11/h1-3,6H,4-5,7,16H2. The molecule has 0 atom stereocenters. The van der Waals surface area contributed by atoms with Crippen molar-refractivity contribution in [2.45, 2.75) is 19.2 Å². The zero-order valence-corrected chi connectivity index (χ0v) is 9.46. The van der Waals surface area contributed by atoms with E-state index in [9.17, 15) is 18.0 Å². The van der Waals surface area contributed by atoms with E-state index in [-0.39, 0.29) is 23.6 Å². The van der Waals surface area contributed by atoms with Crippen LogP contribution in [0, 0.1) is 5.41 Å². The monoisotopic (exact) mass is 259 g/mol. The van der Waals surface area contributed by atoms with Gasteiger partial charge in [0.2, 0.25) is 0 Å². The third-order valence-electron chi connectivity index (χ3n) is 3.06. The van der Waals surface area contributed by atoms with E-state index in [1.54, 1.807) is 0 Å². The fourth-order valence-electron chi connectivity index (χ4n) is 1.82. The molecule has 0 radical (unpaired) electrons. The van der Waals surface area contributed by atoms with Crippen LogP contribution in [0.15, 0.2) is 24.3 Å². The Balaban J connectivity index is 2.20. The minimum absolute atomic E-state index is 0.208. The fourth-order valence-corrected chi connectivity index (χ4v) is 1.82. The summed E-state index contributed by atoms with van der Waals surface area (Å²) in [6.07, 6.45) is -3.38. The molecule has 0 saturated heterocycles. The van der Waals surface area contributed by atoms with E-state index in [0.29, 0.717) is 12.8 Å². The topological polar surface area (TPSA) is 52.3 Å². The van der Waals surface area contributed by atoms with Crippen molar-refractivity contribution in [3.63, 3.8) is 0 Å². The summed E-state index contributed by atoms with van der Waals surface area (Å²) in [4.78, 5) is 12.1. The number of nitrogens with two attached hydrogens (primary N) is 1. The average molecular weight is 259 g/mol. The summed E-state index contributed by atoms with van der Waals surface area (Å²) in [6, 6.07) is 5.10. The van der Waals surface area contributed by atoms with Gasteiger partial charge >= 0.3 is 6.36 Å². The molecule has 3 nitrogen and oxygen atoms in total. The van der Waals surface area contributed by atoms with Crippen molar-refractivity contribution in [1.29, 1.82) is 0 Å². The molecule has 1 aliphatic carbocycles. The third kappa shape index (κ3) is 2.64. The maximum Gasteiger partial charge on any atom is 0.573 e. The molecule has 0 spiro atoms. The first-order chi connectivity index (χ1) is 8.36. The van der Waals surface area contributed by atoms with Gasteiger partial charge in [-0.05, 0) is 25.0 Å². The number of alkyl halides is 3. The maximum atomic E-state index is 12.1. The summed E-state index contributed by atoms with van der Waals surface area (Å²) >= 11 is 0. The lowest BCUT2D eigenvalue weighted by Gasteiger charge is -2.13. The number of halogens is 3. The highest BCUT2D eigenvalue weighted by atomic mass is 19.4. The van der Waals surface area contributed by atoms with E-state index in [2.05, 4.69) is 4.74 Å². The normalized spacial score (nSPS) is 17.3. The van der Waals surface area contributed by atoms with Crippen LogP contribution >= 0.6 is 0 Å². The quantitative estimate of drug-likeness (QED) is 0.845. The summed E-state index contributed by atoms with van der Waals surface area (Å²) < 4.78 is 40.0.